The van der Waals surface area contributed by atoms with Crippen LogP contribution in [0.25, 0.3) is 10.8 Å². The van der Waals surface area contributed by atoms with E-state index in [4.69, 9.17) is 0 Å². The number of nitrogens with zero attached hydrogens (tertiary/aromatic N) is 1. The average molecular weight is 416 g/mol. The molecule has 1 heterocycles. The number of nitrogens with one attached hydrogen (secondary N) is 2. The van der Waals surface area contributed by atoms with Gasteiger partial charge in [0, 0.05) is 13.1 Å². The SMILES string of the molecule is O=C(CNC(=O)Cc1cccc2ccccc12)NCc1ccccc1CN1CCCC1. The van der Waals surface area contributed by atoms with Crippen molar-refractivity contribution in [2.24, 2.45) is 0 Å². The highest BCUT2D eigenvalue weighted by Gasteiger charge is 2.14. The Balaban J connectivity index is 1.26. The molecule has 0 unspecified atom stereocenters. The minimum atomic E-state index is -0.178. The van der Waals surface area contributed by atoms with E-state index in [-0.39, 0.29) is 24.8 Å². The van der Waals surface area contributed by atoms with E-state index in [1.807, 2.05) is 54.6 Å². The summed E-state index contributed by atoms with van der Waals surface area (Å²) >= 11 is 0. The number of hydrogen-bond donors (Lipinski definition) is 2. The van der Waals surface area contributed by atoms with Crippen molar-refractivity contribution in [1.82, 2.24) is 15.5 Å². The molecule has 160 valence electrons. The Morgan fingerprint density at radius 3 is 2.26 bits per heavy atom. The predicted octanol–water partition coefficient (Wildman–Crippen LogP) is 3.41. The summed E-state index contributed by atoms with van der Waals surface area (Å²) in [6.07, 6.45) is 2.78. The number of rotatable bonds is 8. The van der Waals surface area contributed by atoms with Crippen LogP contribution >= 0.6 is 0 Å². The van der Waals surface area contributed by atoms with Gasteiger partial charge in [0.15, 0.2) is 0 Å². The van der Waals surface area contributed by atoms with Gasteiger partial charge in [0.2, 0.25) is 11.8 Å². The number of hydrogen-bond acceptors (Lipinski definition) is 3. The van der Waals surface area contributed by atoms with Crippen LogP contribution in [0.2, 0.25) is 0 Å². The van der Waals surface area contributed by atoms with Crippen LogP contribution in [0.4, 0.5) is 0 Å². The van der Waals surface area contributed by atoms with Crippen molar-refractivity contribution in [3.05, 3.63) is 83.4 Å². The van der Waals surface area contributed by atoms with Crippen LogP contribution in [0.5, 0.6) is 0 Å². The van der Waals surface area contributed by atoms with E-state index in [0.29, 0.717) is 6.54 Å². The second-order valence-corrected chi connectivity index (χ2v) is 8.12. The molecule has 5 nitrogen and oxygen atoms in total. The summed E-state index contributed by atoms with van der Waals surface area (Å²) < 4.78 is 0. The third kappa shape index (κ3) is 5.70. The van der Waals surface area contributed by atoms with Gasteiger partial charge in [-0.15, -0.1) is 0 Å². The molecule has 5 heteroatoms. The fourth-order valence-corrected chi connectivity index (χ4v) is 4.18. The molecule has 0 aliphatic carbocycles. The summed E-state index contributed by atoms with van der Waals surface area (Å²) in [6, 6.07) is 22.2. The number of fused-ring (bicyclic) bond motifs is 1. The summed E-state index contributed by atoms with van der Waals surface area (Å²) in [7, 11) is 0. The molecule has 0 bridgehead atoms. The van der Waals surface area contributed by atoms with Gasteiger partial charge in [-0.25, -0.2) is 0 Å². The van der Waals surface area contributed by atoms with E-state index in [0.717, 1.165) is 41.5 Å². The zero-order valence-electron chi connectivity index (χ0n) is 17.8. The molecule has 0 radical (unpaired) electrons. The highest BCUT2D eigenvalue weighted by molar-refractivity contribution is 5.91. The smallest absolute Gasteiger partial charge is 0.239 e. The highest BCUT2D eigenvalue weighted by Crippen LogP contribution is 2.19. The van der Waals surface area contributed by atoms with Crippen molar-refractivity contribution in [3.63, 3.8) is 0 Å². The lowest BCUT2D eigenvalue weighted by atomic mass is 10.0. The van der Waals surface area contributed by atoms with E-state index in [9.17, 15) is 9.59 Å². The van der Waals surface area contributed by atoms with Crippen molar-refractivity contribution in [2.75, 3.05) is 19.6 Å². The highest BCUT2D eigenvalue weighted by atomic mass is 16.2. The van der Waals surface area contributed by atoms with Crippen LogP contribution in [-0.4, -0.2) is 36.3 Å². The maximum atomic E-state index is 12.4. The van der Waals surface area contributed by atoms with E-state index < -0.39 is 0 Å². The Hall–Kier alpha value is -3.18. The van der Waals surface area contributed by atoms with E-state index in [1.54, 1.807) is 0 Å². The molecule has 31 heavy (non-hydrogen) atoms. The second-order valence-electron chi connectivity index (χ2n) is 8.12. The largest absolute Gasteiger partial charge is 0.350 e. The molecular formula is C26H29N3O2. The molecule has 4 rings (SSSR count). The van der Waals surface area contributed by atoms with Gasteiger partial charge in [-0.3, -0.25) is 14.5 Å². The van der Waals surface area contributed by atoms with Crippen LogP contribution in [0.1, 0.15) is 29.5 Å². The fourth-order valence-electron chi connectivity index (χ4n) is 4.18. The number of amides is 2. The van der Waals surface area contributed by atoms with Gasteiger partial charge >= 0.3 is 0 Å². The molecule has 0 aromatic heterocycles. The third-order valence-electron chi connectivity index (χ3n) is 5.86. The normalized spacial score (nSPS) is 13.9. The maximum Gasteiger partial charge on any atom is 0.239 e. The van der Waals surface area contributed by atoms with Gasteiger partial charge < -0.3 is 10.6 Å². The van der Waals surface area contributed by atoms with Crippen molar-refractivity contribution in [2.45, 2.75) is 32.4 Å². The number of benzene rings is 3. The molecule has 3 aromatic rings. The van der Waals surface area contributed by atoms with Gasteiger partial charge in [-0.05, 0) is 53.4 Å². The molecular weight excluding hydrogens is 386 g/mol. The first kappa shape index (κ1) is 21.1. The molecule has 0 spiro atoms. The topological polar surface area (TPSA) is 61.4 Å². The summed E-state index contributed by atoms with van der Waals surface area (Å²) in [6.45, 7) is 3.67. The molecule has 3 aromatic carbocycles. The zero-order chi connectivity index (χ0) is 21.5. The van der Waals surface area contributed by atoms with E-state index in [1.165, 1.54) is 18.4 Å². The van der Waals surface area contributed by atoms with Gasteiger partial charge in [-0.1, -0.05) is 66.7 Å². The lowest BCUT2D eigenvalue weighted by Gasteiger charge is -2.17. The maximum absolute atomic E-state index is 12.4. The lowest BCUT2D eigenvalue weighted by molar-refractivity contribution is -0.125. The molecule has 1 aliphatic heterocycles. The molecule has 0 saturated carbocycles. The molecule has 2 amide bonds. The van der Waals surface area contributed by atoms with Gasteiger partial charge in [-0.2, -0.15) is 0 Å². The van der Waals surface area contributed by atoms with Crippen LogP contribution in [-0.2, 0) is 29.1 Å². The molecule has 2 N–H and O–H groups in total. The van der Waals surface area contributed by atoms with Gasteiger partial charge in [0.05, 0.1) is 13.0 Å². The minimum absolute atomic E-state index is 0.0160. The lowest BCUT2D eigenvalue weighted by Crippen LogP contribution is -2.37. The summed E-state index contributed by atoms with van der Waals surface area (Å²) in [4.78, 5) is 27.1. The third-order valence-corrected chi connectivity index (χ3v) is 5.86. The van der Waals surface area contributed by atoms with Crippen molar-refractivity contribution in [3.8, 4) is 0 Å². The van der Waals surface area contributed by atoms with Crippen molar-refractivity contribution in [1.29, 1.82) is 0 Å². The number of carbonyl (C=O) groups is 2. The summed E-state index contributed by atoms with van der Waals surface area (Å²) in [5, 5.41) is 7.87. The van der Waals surface area contributed by atoms with Gasteiger partial charge in [0.25, 0.3) is 0 Å². The van der Waals surface area contributed by atoms with E-state index in [2.05, 4.69) is 27.7 Å². The predicted molar refractivity (Wildman–Crippen MR) is 123 cm³/mol. The quantitative estimate of drug-likeness (QED) is 0.593. The minimum Gasteiger partial charge on any atom is -0.350 e. The molecule has 0 atom stereocenters. The second kappa shape index (κ2) is 10.2. The first-order chi connectivity index (χ1) is 15.2. The monoisotopic (exact) mass is 415 g/mol. The number of carbonyl (C=O) groups excluding carboxylic acids is 2. The Labute approximate surface area is 183 Å². The van der Waals surface area contributed by atoms with Crippen molar-refractivity contribution < 1.29 is 9.59 Å². The number of likely N-dealkylation sites (tertiary alicyclic amines) is 1. The molecule has 1 fully saturated rings. The van der Waals surface area contributed by atoms with Crippen LogP contribution in [0, 0.1) is 0 Å². The Morgan fingerprint density at radius 1 is 0.742 bits per heavy atom. The average Bonchev–Trinajstić information content (AvgIpc) is 3.30. The van der Waals surface area contributed by atoms with Crippen LogP contribution in [0.3, 0.4) is 0 Å². The summed E-state index contributed by atoms with van der Waals surface area (Å²) in [5.41, 5.74) is 3.35. The Morgan fingerprint density at radius 2 is 1.42 bits per heavy atom. The molecule has 1 saturated heterocycles. The standard InChI is InChI=1S/C26H29N3O2/c30-25(16-21-12-7-11-20-8-3-4-13-24(20)21)28-18-26(31)27-17-22-9-1-2-10-23(22)19-29-14-5-6-15-29/h1-4,7-13H,5-6,14-19H2,(H,27,31)(H,28,30). The first-order valence-electron chi connectivity index (χ1n) is 11.0. The fraction of sp³-hybridized carbons (Fsp3) is 0.308. The zero-order valence-corrected chi connectivity index (χ0v) is 17.8. The first-order valence-corrected chi connectivity index (χ1v) is 11.0. The Kier molecular flexibility index (Phi) is 6.95. The van der Waals surface area contributed by atoms with Crippen molar-refractivity contribution >= 4 is 22.6 Å². The van der Waals surface area contributed by atoms with Crippen LogP contribution in [0.15, 0.2) is 66.7 Å². The van der Waals surface area contributed by atoms with Crippen LogP contribution < -0.4 is 10.6 Å². The Bertz CT molecular complexity index is 1050. The van der Waals surface area contributed by atoms with Gasteiger partial charge in [0.1, 0.15) is 0 Å². The van der Waals surface area contributed by atoms with E-state index >= 15 is 0 Å². The summed E-state index contributed by atoms with van der Waals surface area (Å²) in [5.74, 6) is -0.330. The molecule has 1 aliphatic rings.